The van der Waals surface area contributed by atoms with E-state index < -0.39 is 0 Å². The maximum absolute atomic E-state index is 13.7. The lowest BCUT2D eigenvalue weighted by Crippen LogP contribution is -2.16. The summed E-state index contributed by atoms with van der Waals surface area (Å²) in [5.41, 5.74) is 4.31. The van der Waals surface area contributed by atoms with E-state index in [2.05, 4.69) is 10.4 Å². The number of pyridine rings is 1. The molecule has 0 aliphatic rings. The number of nitrogens with two attached hydrogens (primary N) is 1. The first-order valence-corrected chi connectivity index (χ1v) is 5.50. The highest BCUT2D eigenvalue weighted by Crippen LogP contribution is 2.29. The largest absolute Gasteiger partial charge is 0.323 e. The third-order valence-electron chi connectivity index (χ3n) is 2.71. The maximum Gasteiger partial charge on any atom is 0.149 e. The van der Waals surface area contributed by atoms with Crippen LogP contribution in [0.5, 0.6) is 0 Å². The fraction of sp³-hybridized carbons (Fsp3) is 0.308. The molecule has 2 rings (SSSR count). The van der Waals surface area contributed by atoms with E-state index in [1.807, 2.05) is 26.8 Å². The Morgan fingerprint density at radius 2 is 2.00 bits per heavy atom. The number of aromatic nitrogens is 1. The first-order valence-electron chi connectivity index (χ1n) is 5.50. The number of rotatable bonds is 1. The first-order chi connectivity index (χ1) is 7.93. The lowest BCUT2D eigenvalue weighted by molar-refractivity contribution is 0.569. The Labute approximate surface area is 99.8 Å². The predicted octanol–water partition coefficient (Wildman–Crippen LogP) is 2.96. The van der Waals surface area contributed by atoms with Gasteiger partial charge in [0.05, 0.1) is 5.69 Å². The summed E-state index contributed by atoms with van der Waals surface area (Å²) in [5, 5.41) is 0.695. The summed E-state index contributed by atoms with van der Waals surface area (Å²) in [6.45, 7) is 6.09. The fourth-order valence-corrected chi connectivity index (χ4v) is 1.72. The molecule has 0 fully saturated rings. The van der Waals surface area contributed by atoms with Crippen molar-refractivity contribution in [3.05, 3.63) is 35.8 Å². The van der Waals surface area contributed by atoms with Crippen molar-refractivity contribution in [1.82, 2.24) is 4.98 Å². The van der Waals surface area contributed by atoms with Gasteiger partial charge in [0.15, 0.2) is 0 Å². The number of halogens is 1. The lowest BCUT2D eigenvalue weighted by atomic mass is 9.91. The van der Waals surface area contributed by atoms with Crippen molar-refractivity contribution in [1.29, 1.82) is 0 Å². The zero-order chi connectivity index (χ0) is 12.6. The van der Waals surface area contributed by atoms with Crippen LogP contribution in [-0.4, -0.2) is 4.98 Å². The van der Waals surface area contributed by atoms with Gasteiger partial charge in [-0.2, -0.15) is 0 Å². The fourth-order valence-electron chi connectivity index (χ4n) is 1.72. The summed E-state index contributed by atoms with van der Waals surface area (Å²) < 4.78 is 13.7. The number of nitrogen functional groups attached to an aromatic ring is 1. The number of nitrogens with one attached hydrogen (secondary N) is 1. The van der Waals surface area contributed by atoms with Gasteiger partial charge in [-0.15, -0.1) is 0 Å². The topological polar surface area (TPSA) is 50.9 Å². The predicted molar refractivity (Wildman–Crippen MR) is 68.2 cm³/mol. The normalized spacial score (nSPS) is 11.8. The van der Waals surface area contributed by atoms with Crippen molar-refractivity contribution in [2.75, 3.05) is 5.43 Å². The molecule has 1 aromatic carbocycles. The molecule has 0 saturated heterocycles. The molecule has 4 heteroatoms. The molecule has 2 aromatic rings. The number of hydrogen-bond acceptors (Lipinski definition) is 3. The number of para-hydroxylation sites is 1. The average molecular weight is 233 g/mol. The van der Waals surface area contributed by atoms with Gasteiger partial charge in [-0.3, -0.25) is 5.84 Å². The van der Waals surface area contributed by atoms with Crippen LogP contribution in [-0.2, 0) is 5.41 Å². The molecule has 1 aromatic heterocycles. The van der Waals surface area contributed by atoms with E-state index in [0.717, 1.165) is 5.69 Å². The molecule has 0 bridgehead atoms. The standard InChI is InChI=1S/C13H16FN3/c1-13(2,3)11-7-10(17-15)8-5-4-6-9(14)12(8)16-11/h4-7H,15H2,1-3H3,(H,16,17). The van der Waals surface area contributed by atoms with E-state index in [9.17, 15) is 4.39 Å². The molecule has 3 N–H and O–H groups in total. The number of anilines is 1. The molecule has 90 valence electrons. The monoisotopic (exact) mass is 233 g/mol. The molecule has 0 radical (unpaired) electrons. The van der Waals surface area contributed by atoms with Crippen molar-refractivity contribution in [3.8, 4) is 0 Å². The van der Waals surface area contributed by atoms with Crippen LogP contribution in [0.25, 0.3) is 10.9 Å². The van der Waals surface area contributed by atoms with Crippen LogP contribution < -0.4 is 11.3 Å². The maximum atomic E-state index is 13.7. The second kappa shape index (κ2) is 3.96. The molecule has 0 unspecified atom stereocenters. The van der Waals surface area contributed by atoms with Gasteiger partial charge in [0.25, 0.3) is 0 Å². The van der Waals surface area contributed by atoms with Crippen LogP contribution in [0.1, 0.15) is 26.5 Å². The average Bonchev–Trinajstić information content (AvgIpc) is 2.27. The van der Waals surface area contributed by atoms with Crippen LogP contribution in [0, 0.1) is 5.82 Å². The Kier molecular flexibility index (Phi) is 2.75. The van der Waals surface area contributed by atoms with E-state index in [1.54, 1.807) is 12.1 Å². The van der Waals surface area contributed by atoms with E-state index in [-0.39, 0.29) is 11.2 Å². The molecule has 0 aliphatic carbocycles. The lowest BCUT2D eigenvalue weighted by Gasteiger charge is -2.20. The van der Waals surface area contributed by atoms with Gasteiger partial charge in [-0.25, -0.2) is 9.37 Å². The Morgan fingerprint density at radius 1 is 1.29 bits per heavy atom. The zero-order valence-corrected chi connectivity index (χ0v) is 10.2. The Hall–Kier alpha value is -1.68. The SMILES string of the molecule is CC(C)(C)c1cc(NN)c2cccc(F)c2n1. The number of nitrogens with zero attached hydrogens (tertiary/aromatic N) is 1. The van der Waals surface area contributed by atoms with Crippen molar-refractivity contribution >= 4 is 16.6 Å². The van der Waals surface area contributed by atoms with Crippen LogP contribution in [0.3, 0.4) is 0 Å². The quantitative estimate of drug-likeness (QED) is 0.588. The van der Waals surface area contributed by atoms with Crippen LogP contribution in [0.2, 0.25) is 0 Å². The molecular weight excluding hydrogens is 217 g/mol. The molecular formula is C13H16FN3. The van der Waals surface area contributed by atoms with E-state index in [4.69, 9.17) is 5.84 Å². The molecule has 0 aliphatic heterocycles. The third-order valence-corrected chi connectivity index (χ3v) is 2.71. The zero-order valence-electron chi connectivity index (χ0n) is 10.2. The van der Waals surface area contributed by atoms with E-state index in [1.165, 1.54) is 6.07 Å². The second-order valence-electron chi connectivity index (χ2n) is 5.09. The molecule has 17 heavy (non-hydrogen) atoms. The van der Waals surface area contributed by atoms with Crippen molar-refractivity contribution in [3.63, 3.8) is 0 Å². The van der Waals surface area contributed by atoms with Crippen LogP contribution in [0.15, 0.2) is 24.3 Å². The highest BCUT2D eigenvalue weighted by Gasteiger charge is 2.18. The van der Waals surface area contributed by atoms with Gasteiger partial charge in [-0.05, 0) is 12.1 Å². The van der Waals surface area contributed by atoms with Gasteiger partial charge < -0.3 is 5.43 Å². The summed E-state index contributed by atoms with van der Waals surface area (Å²) in [6.07, 6.45) is 0. The summed E-state index contributed by atoms with van der Waals surface area (Å²) in [5.74, 6) is 5.15. The third kappa shape index (κ3) is 2.08. The first kappa shape index (κ1) is 11.8. The Balaban J connectivity index is 2.81. The molecule has 1 heterocycles. The highest BCUT2D eigenvalue weighted by atomic mass is 19.1. The second-order valence-corrected chi connectivity index (χ2v) is 5.09. The van der Waals surface area contributed by atoms with Gasteiger partial charge in [0.2, 0.25) is 0 Å². The van der Waals surface area contributed by atoms with E-state index in [0.29, 0.717) is 16.6 Å². The number of fused-ring (bicyclic) bond motifs is 1. The molecule has 3 nitrogen and oxygen atoms in total. The minimum atomic E-state index is -0.329. The van der Waals surface area contributed by atoms with Gasteiger partial charge in [0.1, 0.15) is 11.3 Å². The van der Waals surface area contributed by atoms with Crippen molar-refractivity contribution < 1.29 is 4.39 Å². The molecule has 0 spiro atoms. The minimum absolute atomic E-state index is 0.151. The number of hydrazine groups is 1. The van der Waals surface area contributed by atoms with Gasteiger partial charge >= 0.3 is 0 Å². The Bertz CT molecular complexity index is 558. The number of benzene rings is 1. The van der Waals surface area contributed by atoms with Crippen molar-refractivity contribution in [2.45, 2.75) is 26.2 Å². The number of hydrogen-bond donors (Lipinski definition) is 2. The molecule has 0 amide bonds. The summed E-state index contributed by atoms with van der Waals surface area (Å²) in [7, 11) is 0. The minimum Gasteiger partial charge on any atom is -0.323 e. The van der Waals surface area contributed by atoms with Crippen LogP contribution >= 0.6 is 0 Å². The van der Waals surface area contributed by atoms with Gasteiger partial charge in [-0.1, -0.05) is 32.9 Å². The van der Waals surface area contributed by atoms with Crippen molar-refractivity contribution in [2.24, 2.45) is 5.84 Å². The molecule has 0 atom stereocenters. The molecule has 0 saturated carbocycles. The Morgan fingerprint density at radius 3 is 2.59 bits per heavy atom. The highest BCUT2D eigenvalue weighted by molar-refractivity contribution is 5.91. The van der Waals surface area contributed by atoms with Gasteiger partial charge in [0, 0.05) is 16.5 Å². The van der Waals surface area contributed by atoms with Crippen LogP contribution in [0.4, 0.5) is 10.1 Å². The smallest absolute Gasteiger partial charge is 0.149 e. The summed E-state index contributed by atoms with van der Waals surface area (Å²) in [6, 6.07) is 6.72. The van der Waals surface area contributed by atoms with E-state index >= 15 is 0 Å². The summed E-state index contributed by atoms with van der Waals surface area (Å²) >= 11 is 0. The summed E-state index contributed by atoms with van der Waals surface area (Å²) in [4.78, 5) is 4.38.